The Morgan fingerprint density at radius 1 is 1.03 bits per heavy atom. The number of amides is 1. The molecule has 0 atom stereocenters. The highest BCUT2D eigenvalue weighted by Gasteiger charge is 2.31. The highest BCUT2D eigenvalue weighted by atomic mass is 35.5. The van der Waals surface area contributed by atoms with Crippen molar-refractivity contribution in [3.63, 3.8) is 0 Å². The SMILES string of the molecule is CC(C)(C)c1cc(NC(=O)c2cccc(C(F)(F)F)c2)n(-c2cc(Cl)ccc2Cl)n1. The highest BCUT2D eigenvalue weighted by molar-refractivity contribution is 6.34. The van der Waals surface area contributed by atoms with E-state index in [1.807, 2.05) is 20.8 Å². The molecule has 2 aromatic carbocycles. The van der Waals surface area contributed by atoms with E-state index < -0.39 is 17.6 Å². The van der Waals surface area contributed by atoms with Crippen LogP contribution in [-0.2, 0) is 11.6 Å². The number of halogens is 5. The number of anilines is 1. The first kappa shape index (κ1) is 22.2. The predicted octanol–water partition coefficient (Wildman–Crippen LogP) is 6.75. The van der Waals surface area contributed by atoms with Crippen molar-refractivity contribution in [3.05, 3.63) is 75.4 Å². The molecule has 0 aliphatic carbocycles. The third-order valence-corrected chi connectivity index (χ3v) is 4.86. The van der Waals surface area contributed by atoms with Crippen LogP contribution in [-0.4, -0.2) is 15.7 Å². The zero-order valence-corrected chi connectivity index (χ0v) is 17.8. The van der Waals surface area contributed by atoms with Gasteiger partial charge in [0.15, 0.2) is 0 Å². The minimum absolute atomic E-state index is 0.132. The molecule has 1 N–H and O–H groups in total. The number of hydrogen-bond donors (Lipinski definition) is 1. The van der Waals surface area contributed by atoms with Gasteiger partial charge in [-0.25, -0.2) is 4.68 Å². The molecule has 0 radical (unpaired) electrons. The van der Waals surface area contributed by atoms with Crippen LogP contribution in [0.2, 0.25) is 10.0 Å². The van der Waals surface area contributed by atoms with Crippen LogP contribution in [0.15, 0.2) is 48.5 Å². The van der Waals surface area contributed by atoms with Gasteiger partial charge in [0.2, 0.25) is 0 Å². The lowest BCUT2D eigenvalue weighted by Gasteiger charge is -2.14. The van der Waals surface area contributed by atoms with Gasteiger partial charge in [-0.05, 0) is 36.4 Å². The number of benzene rings is 2. The molecule has 0 bridgehead atoms. The fraction of sp³-hybridized carbons (Fsp3) is 0.238. The largest absolute Gasteiger partial charge is 0.416 e. The van der Waals surface area contributed by atoms with E-state index in [2.05, 4.69) is 10.4 Å². The number of alkyl halides is 3. The molecule has 30 heavy (non-hydrogen) atoms. The molecule has 4 nitrogen and oxygen atoms in total. The Morgan fingerprint density at radius 3 is 2.37 bits per heavy atom. The molecular weight excluding hydrogens is 438 g/mol. The lowest BCUT2D eigenvalue weighted by molar-refractivity contribution is -0.137. The first-order chi connectivity index (χ1) is 13.9. The van der Waals surface area contributed by atoms with Gasteiger partial charge in [-0.2, -0.15) is 18.3 Å². The third kappa shape index (κ3) is 4.79. The lowest BCUT2D eigenvalue weighted by Crippen LogP contribution is -2.16. The van der Waals surface area contributed by atoms with Gasteiger partial charge in [0.05, 0.1) is 22.0 Å². The van der Waals surface area contributed by atoms with Crippen molar-refractivity contribution in [2.24, 2.45) is 0 Å². The average Bonchev–Trinajstić information content (AvgIpc) is 3.07. The van der Waals surface area contributed by atoms with Crippen LogP contribution in [0.1, 0.15) is 42.4 Å². The number of carbonyl (C=O) groups is 1. The minimum atomic E-state index is -4.55. The van der Waals surface area contributed by atoms with Gasteiger partial charge in [0.1, 0.15) is 5.82 Å². The molecule has 0 aliphatic heterocycles. The van der Waals surface area contributed by atoms with Gasteiger partial charge in [-0.15, -0.1) is 0 Å². The maximum absolute atomic E-state index is 13.0. The maximum Gasteiger partial charge on any atom is 0.416 e. The topological polar surface area (TPSA) is 46.9 Å². The van der Waals surface area contributed by atoms with Crippen LogP contribution in [0.3, 0.4) is 0 Å². The Labute approximate surface area is 181 Å². The molecule has 0 fully saturated rings. The maximum atomic E-state index is 13.0. The summed E-state index contributed by atoms with van der Waals surface area (Å²) in [6, 6.07) is 10.6. The molecule has 158 valence electrons. The van der Waals surface area contributed by atoms with E-state index in [1.165, 1.54) is 16.8 Å². The summed E-state index contributed by atoms with van der Waals surface area (Å²) in [5.41, 5.74) is -0.313. The molecule has 9 heteroatoms. The molecular formula is C21H18Cl2F3N3O. The molecule has 3 rings (SSSR count). The molecule has 1 aromatic heterocycles. The Bertz CT molecular complexity index is 1100. The van der Waals surface area contributed by atoms with Crippen LogP contribution in [0.4, 0.5) is 19.0 Å². The number of nitrogens with one attached hydrogen (secondary N) is 1. The van der Waals surface area contributed by atoms with Gasteiger partial charge >= 0.3 is 6.18 Å². The van der Waals surface area contributed by atoms with Crippen LogP contribution in [0.5, 0.6) is 0 Å². The Kier molecular flexibility index (Phi) is 5.89. The van der Waals surface area contributed by atoms with Crippen molar-refractivity contribution < 1.29 is 18.0 Å². The van der Waals surface area contributed by atoms with Gasteiger partial charge in [-0.1, -0.05) is 50.0 Å². The summed E-state index contributed by atoms with van der Waals surface area (Å²) in [6.45, 7) is 5.83. The Hall–Kier alpha value is -2.51. The standard InChI is InChI=1S/C21H18Cl2F3N3O/c1-20(2,3)17-11-18(29(28-17)16-10-14(22)7-8-15(16)23)27-19(30)12-5-4-6-13(9-12)21(24,25)26/h4-11H,1-3H3,(H,27,30). The molecule has 0 saturated heterocycles. The van der Waals surface area contributed by atoms with E-state index in [0.29, 0.717) is 21.4 Å². The molecule has 0 saturated carbocycles. The van der Waals surface area contributed by atoms with Crippen LogP contribution >= 0.6 is 23.2 Å². The summed E-state index contributed by atoms with van der Waals surface area (Å²) in [5, 5.41) is 7.93. The van der Waals surface area contributed by atoms with E-state index in [1.54, 1.807) is 24.3 Å². The molecule has 0 spiro atoms. The first-order valence-electron chi connectivity index (χ1n) is 8.91. The Morgan fingerprint density at radius 2 is 1.73 bits per heavy atom. The molecule has 3 aromatic rings. The average molecular weight is 456 g/mol. The predicted molar refractivity (Wildman–Crippen MR) is 112 cm³/mol. The zero-order valence-electron chi connectivity index (χ0n) is 16.3. The van der Waals surface area contributed by atoms with Gasteiger partial charge in [0.25, 0.3) is 5.91 Å². The van der Waals surface area contributed by atoms with Crippen molar-refractivity contribution in [3.8, 4) is 5.69 Å². The van der Waals surface area contributed by atoms with Crippen molar-refractivity contribution in [1.29, 1.82) is 0 Å². The molecule has 0 unspecified atom stereocenters. The third-order valence-electron chi connectivity index (χ3n) is 4.31. The monoisotopic (exact) mass is 455 g/mol. The van der Waals surface area contributed by atoms with Crippen LogP contribution in [0.25, 0.3) is 5.69 Å². The second-order valence-corrected chi connectivity index (χ2v) is 8.55. The molecule has 1 amide bonds. The summed E-state index contributed by atoms with van der Waals surface area (Å²) < 4.78 is 40.4. The summed E-state index contributed by atoms with van der Waals surface area (Å²) >= 11 is 12.4. The second-order valence-electron chi connectivity index (χ2n) is 7.71. The number of rotatable bonds is 3. The van der Waals surface area contributed by atoms with Gasteiger partial charge < -0.3 is 5.32 Å². The minimum Gasteiger partial charge on any atom is -0.306 e. The van der Waals surface area contributed by atoms with Crippen molar-refractivity contribution in [1.82, 2.24) is 9.78 Å². The summed E-state index contributed by atoms with van der Waals surface area (Å²) in [6.07, 6.45) is -4.55. The number of carbonyl (C=O) groups excluding carboxylic acids is 1. The van der Waals surface area contributed by atoms with E-state index in [-0.39, 0.29) is 16.8 Å². The summed E-state index contributed by atoms with van der Waals surface area (Å²) in [4.78, 5) is 12.7. The smallest absolute Gasteiger partial charge is 0.306 e. The zero-order chi connectivity index (χ0) is 22.3. The van der Waals surface area contributed by atoms with Crippen LogP contribution in [0, 0.1) is 0 Å². The fourth-order valence-corrected chi connectivity index (χ4v) is 3.06. The molecule has 0 aliphatic rings. The van der Waals surface area contributed by atoms with E-state index >= 15 is 0 Å². The first-order valence-corrected chi connectivity index (χ1v) is 9.66. The van der Waals surface area contributed by atoms with Crippen molar-refractivity contribution in [2.45, 2.75) is 32.4 Å². The van der Waals surface area contributed by atoms with Crippen molar-refractivity contribution >= 4 is 34.9 Å². The van der Waals surface area contributed by atoms with Crippen LogP contribution < -0.4 is 5.32 Å². The number of aromatic nitrogens is 2. The van der Waals surface area contributed by atoms with E-state index in [0.717, 1.165) is 12.1 Å². The van der Waals surface area contributed by atoms with Gasteiger partial charge in [0, 0.05) is 22.1 Å². The number of nitrogens with zero attached hydrogens (tertiary/aromatic N) is 2. The summed E-state index contributed by atoms with van der Waals surface area (Å²) in [5.74, 6) is -0.452. The summed E-state index contributed by atoms with van der Waals surface area (Å²) in [7, 11) is 0. The molecule has 1 heterocycles. The fourth-order valence-electron chi connectivity index (χ4n) is 2.69. The normalized spacial score (nSPS) is 12.1. The quantitative estimate of drug-likeness (QED) is 0.474. The van der Waals surface area contributed by atoms with E-state index in [4.69, 9.17) is 23.2 Å². The highest BCUT2D eigenvalue weighted by Crippen LogP contribution is 2.32. The van der Waals surface area contributed by atoms with Gasteiger partial charge in [-0.3, -0.25) is 4.79 Å². The van der Waals surface area contributed by atoms with E-state index in [9.17, 15) is 18.0 Å². The Balaban J connectivity index is 2.04. The number of hydrogen-bond acceptors (Lipinski definition) is 2. The second kappa shape index (κ2) is 7.96. The lowest BCUT2D eigenvalue weighted by atomic mass is 9.92. The van der Waals surface area contributed by atoms with Crippen molar-refractivity contribution in [2.75, 3.05) is 5.32 Å².